The highest BCUT2D eigenvalue weighted by atomic mass is 16.5. The molecule has 3 rings (SSSR count). The number of ketones is 1. The molecule has 0 saturated carbocycles. The second kappa shape index (κ2) is 5.51. The molecule has 2 atom stereocenters. The van der Waals surface area contributed by atoms with Crippen molar-refractivity contribution in [1.29, 1.82) is 0 Å². The summed E-state index contributed by atoms with van der Waals surface area (Å²) in [4.78, 5) is 23.7. The quantitative estimate of drug-likeness (QED) is 0.866. The zero-order chi connectivity index (χ0) is 15.0. The number of ether oxygens (including phenoxy) is 1. The number of carbonyl (C=O) groups is 2. The number of rotatable bonds is 3. The monoisotopic (exact) mass is 287 g/mol. The molecule has 112 valence electrons. The van der Waals surface area contributed by atoms with Gasteiger partial charge in [-0.15, -0.1) is 0 Å². The fourth-order valence-corrected chi connectivity index (χ4v) is 3.75. The average molecular weight is 287 g/mol. The molecule has 0 bridgehead atoms. The van der Waals surface area contributed by atoms with Crippen molar-refractivity contribution >= 4 is 11.7 Å². The van der Waals surface area contributed by atoms with E-state index in [1.807, 2.05) is 0 Å². The van der Waals surface area contributed by atoms with Crippen LogP contribution in [0.3, 0.4) is 0 Å². The Hall–Kier alpha value is -1.84. The maximum atomic E-state index is 12.2. The first-order valence-electron chi connectivity index (χ1n) is 7.57. The van der Waals surface area contributed by atoms with Crippen LogP contribution < -0.4 is 5.32 Å². The maximum Gasteiger partial charge on any atom is 0.247 e. The highest BCUT2D eigenvalue weighted by molar-refractivity contribution is 6.00. The van der Waals surface area contributed by atoms with E-state index in [-0.39, 0.29) is 18.1 Å². The minimum atomic E-state index is -0.0749. The van der Waals surface area contributed by atoms with Crippen LogP contribution in [0.25, 0.3) is 0 Å². The SMILES string of the molecule is COC1=CC2=CC3=C(CC(C)=O)C(=O)NCCC3C2CC1. The van der Waals surface area contributed by atoms with Crippen LogP contribution in [0.5, 0.6) is 0 Å². The number of Topliss-reactive ketones (excluding diaryl/α,β-unsaturated/α-hetero) is 1. The first-order chi connectivity index (χ1) is 10.1. The molecule has 1 N–H and O–H groups in total. The van der Waals surface area contributed by atoms with Gasteiger partial charge in [0.25, 0.3) is 0 Å². The number of nitrogens with one attached hydrogen (secondary N) is 1. The van der Waals surface area contributed by atoms with E-state index in [4.69, 9.17) is 4.74 Å². The van der Waals surface area contributed by atoms with Crippen molar-refractivity contribution in [2.75, 3.05) is 13.7 Å². The Balaban J connectivity index is 2.04. The number of carbonyl (C=O) groups excluding carboxylic acids is 2. The van der Waals surface area contributed by atoms with Crippen molar-refractivity contribution in [3.8, 4) is 0 Å². The highest BCUT2D eigenvalue weighted by Gasteiger charge is 2.38. The Morgan fingerprint density at radius 2 is 2.14 bits per heavy atom. The van der Waals surface area contributed by atoms with Crippen LogP contribution in [0.2, 0.25) is 0 Å². The van der Waals surface area contributed by atoms with Crippen molar-refractivity contribution in [2.24, 2.45) is 11.8 Å². The predicted octanol–water partition coefficient (Wildman–Crippen LogP) is 2.28. The number of hydrogen-bond donors (Lipinski definition) is 1. The normalized spacial score (nSPS) is 28.0. The third-order valence-electron chi connectivity index (χ3n) is 4.72. The van der Waals surface area contributed by atoms with Gasteiger partial charge in [-0.3, -0.25) is 9.59 Å². The predicted molar refractivity (Wildman–Crippen MR) is 79.3 cm³/mol. The lowest BCUT2D eigenvalue weighted by Gasteiger charge is -2.26. The minimum absolute atomic E-state index is 0.0368. The molecule has 4 heteroatoms. The van der Waals surface area contributed by atoms with Gasteiger partial charge in [0.2, 0.25) is 5.91 Å². The Kier molecular flexibility index (Phi) is 3.70. The van der Waals surface area contributed by atoms with Gasteiger partial charge in [0.05, 0.1) is 12.9 Å². The average Bonchev–Trinajstić information content (AvgIpc) is 2.74. The number of amides is 1. The summed E-state index contributed by atoms with van der Waals surface area (Å²) in [7, 11) is 1.70. The standard InChI is InChI=1S/C17H21NO3/c1-10(19)7-16-15-9-11-8-12(21-2)3-4-13(11)14(15)5-6-18-17(16)20/h8-9,13-14H,3-7H2,1-2H3,(H,18,20). The van der Waals surface area contributed by atoms with Gasteiger partial charge in [-0.2, -0.15) is 0 Å². The van der Waals surface area contributed by atoms with E-state index in [1.54, 1.807) is 14.0 Å². The zero-order valence-corrected chi connectivity index (χ0v) is 12.6. The number of hydrogen-bond acceptors (Lipinski definition) is 3. The van der Waals surface area contributed by atoms with Crippen LogP contribution in [0, 0.1) is 11.8 Å². The van der Waals surface area contributed by atoms with Gasteiger partial charge in [0, 0.05) is 25.0 Å². The molecule has 0 aromatic carbocycles. The zero-order valence-electron chi connectivity index (χ0n) is 12.6. The molecule has 1 aliphatic heterocycles. The lowest BCUT2D eigenvalue weighted by atomic mass is 9.80. The first kappa shape index (κ1) is 14.1. The van der Waals surface area contributed by atoms with Crippen LogP contribution in [0.4, 0.5) is 0 Å². The van der Waals surface area contributed by atoms with Crippen LogP contribution in [-0.4, -0.2) is 25.3 Å². The van der Waals surface area contributed by atoms with Crippen LogP contribution in [0.15, 0.2) is 34.6 Å². The minimum Gasteiger partial charge on any atom is -0.501 e. The van der Waals surface area contributed by atoms with Crippen LogP contribution >= 0.6 is 0 Å². The highest BCUT2D eigenvalue weighted by Crippen LogP contribution is 2.46. The van der Waals surface area contributed by atoms with Gasteiger partial charge < -0.3 is 10.1 Å². The number of methoxy groups -OCH3 is 1. The fourth-order valence-electron chi connectivity index (χ4n) is 3.75. The van der Waals surface area contributed by atoms with Crippen molar-refractivity contribution in [3.63, 3.8) is 0 Å². The molecule has 21 heavy (non-hydrogen) atoms. The van der Waals surface area contributed by atoms with Gasteiger partial charge in [-0.25, -0.2) is 0 Å². The largest absolute Gasteiger partial charge is 0.501 e. The molecular weight excluding hydrogens is 266 g/mol. The molecule has 3 aliphatic rings. The van der Waals surface area contributed by atoms with E-state index in [0.29, 0.717) is 24.0 Å². The van der Waals surface area contributed by atoms with E-state index >= 15 is 0 Å². The second-order valence-electron chi connectivity index (χ2n) is 6.07. The van der Waals surface area contributed by atoms with Gasteiger partial charge >= 0.3 is 0 Å². The summed E-state index contributed by atoms with van der Waals surface area (Å²) in [6, 6.07) is 0. The lowest BCUT2D eigenvalue weighted by molar-refractivity contribution is -0.120. The van der Waals surface area contributed by atoms with E-state index in [1.165, 1.54) is 5.57 Å². The smallest absolute Gasteiger partial charge is 0.247 e. The molecule has 2 unspecified atom stereocenters. The first-order valence-corrected chi connectivity index (χ1v) is 7.57. The van der Waals surface area contributed by atoms with E-state index in [2.05, 4.69) is 17.5 Å². The fraction of sp³-hybridized carbons (Fsp3) is 0.529. The summed E-state index contributed by atoms with van der Waals surface area (Å²) in [5.74, 6) is 1.80. The molecule has 0 radical (unpaired) electrons. The molecule has 0 spiro atoms. The molecule has 0 fully saturated rings. The lowest BCUT2D eigenvalue weighted by Crippen LogP contribution is -2.25. The number of allylic oxidation sites excluding steroid dienone is 5. The molecule has 1 amide bonds. The van der Waals surface area contributed by atoms with E-state index in [0.717, 1.165) is 30.6 Å². The Morgan fingerprint density at radius 1 is 1.33 bits per heavy atom. The molecule has 0 saturated heterocycles. The van der Waals surface area contributed by atoms with E-state index in [9.17, 15) is 9.59 Å². The van der Waals surface area contributed by atoms with Crippen molar-refractivity contribution in [2.45, 2.75) is 32.6 Å². The Labute approximate surface area is 124 Å². The molecule has 4 nitrogen and oxygen atoms in total. The number of fused-ring (bicyclic) bond motifs is 3. The molecule has 0 aromatic rings. The Morgan fingerprint density at radius 3 is 2.86 bits per heavy atom. The maximum absolute atomic E-state index is 12.2. The Bertz CT molecular complexity index is 583. The summed E-state index contributed by atoms with van der Waals surface area (Å²) < 4.78 is 5.36. The van der Waals surface area contributed by atoms with Gasteiger partial charge in [-0.1, -0.05) is 6.08 Å². The summed E-state index contributed by atoms with van der Waals surface area (Å²) in [6.45, 7) is 2.23. The van der Waals surface area contributed by atoms with Crippen molar-refractivity contribution < 1.29 is 14.3 Å². The van der Waals surface area contributed by atoms with Gasteiger partial charge in [-0.05, 0) is 48.8 Å². The second-order valence-corrected chi connectivity index (χ2v) is 6.07. The molecular formula is C17H21NO3. The summed E-state index contributed by atoms with van der Waals surface area (Å²) in [6.07, 6.45) is 7.42. The van der Waals surface area contributed by atoms with Gasteiger partial charge in [0.1, 0.15) is 5.78 Å². The molecule has 0 aromatic heterocycles. The summed E-state index contributed by atoms with van der Waals surface area (Å²) >= 11 is 0. The summed E-state index contributed by atoms with van der Waals surface area (Å²) in [5.41, 5.74) is 3.00. The molecule has 2 aliphatic carbocycles. The van der Waals surface area contributed by atoms with Crippen LogP contribution in [0.1, 0.15) is 32.6 Å². The van der Waals surface area contributed by atoms with E-state index < -0.39 is 0 Å². The third kappa shape index (κ3) is 2.55. The van der Waals surface area contributed by atoms with Gasteiger partial charge in [0.15, 0.2) is 0 Å². The molecule has 1 heterocycles. The summed E-state index contributed by atoms with van der Waals surface area (Å²) in [5, 5.41) is 2.93. The third-order valence-corrected chi connectivity index (χ3v) is 4.72. The topological polar surface area (TPSA) is 55.4 Å². The van der Waals surface area contributed by atoms with Crippen molar-refractivity contribution in [3.05, 3.63) is 34.6 Å². The van der Waals surface area contributed by atoms with Crippen LogP contribution in [-0.2, 0) is 14.3 Å². The van der Waals surface area contributed by atoms with Crippen molar-refractivity contribution in [1.82, 2.24) is 5.32 Å².